The second kappa shape index (κ2) is 9.06. The highest BCUT2D eigenvalue weighted by Crippen LogP contribution is 2.31. The molecule has 1 aliphatic heterocycles. The molecule has 0 spiro atoms. The van der Waals surface area contributed by atoms with Crippen LogP contribution in [-0.4, -0.2) is 35.0 Å². The first-order valence-electron chi connectivity index (χ1n) is 11.2. The van der Waals surface area contributed by atoms with Gasteiger partial charge < -0.3 is 21.7 Å². The van der Waals surface area contributed by atoms with Gasteiger partial charge in [0.2, 0.25) is 0 Å². The van der Waals surface area contributed by atoms with Crippen molar-refractivity contribution in [1.82, 2.24) is 25.9 Å². The third-order valence-corrected chi connectivity index (χ3v) is 6.32. The van der Waals surface area contributed by atoms with E-state index in [-0.39, 0.29) is 23.5 Å². The minimum absolute atomic E-state index is 0.0995. The molecule has 2 aliphatic rings. The monoisotopic (exact) mass is 428 g/mol. The molecule has 1 aromatic heterocycles. The van der Waals surface area contributed by atoms with Crippen LogP contribution < -0.4 is 21.7 Å². The number of hydrogen-bond acceptors (Lipinski definition) is 6. The molecule has 5 N–H and O–H groups in total. The van der Waals surface area contributed by atoms with Gasteiger partial charge in [-0.1, -0.05) is 42.5 Å². The van der Waals surface area contributed by atoms with Crippen LogP contribution in [0.3, 0.4) is 0 Å². The molecular weight excluding hydrogens is 400 g/mol. The predicted octanol–water partition coefficient (Wildman–Crippen LogP) is 2.59. The maximum Gasteiger partial charge on any atom is 0.274 e. The Morgan fingerprint density at radius 1 is 1.16 bits per heavy atom. The Morgan fingerprint density at radius 3 is 2.94 bits per heavy atom. The van der Waals surface area contributed by atoms with Crippen LogP contribution in [0.25, 0.3) is 11.3 Å². The minimum Gasteiger partial charge on any atom is -0.382 e. The standard InChI is InChI=1S/C25H28N6O/c26-24-23(25(32)30-19-10-11-27-14-19)31-22(15-29-24)18-6-3-4-16(12-18)13-28-21-9-8-17-5-1-2-7-20(17)21/h1-7,12,15,19,21,27-28H,8-11,13-14H2,(H2,26,29)(H,30,32)/t19-,21-/m0/s1. The summed E-state index contributed by atoms with van der Waals surface area (Å²) in [4.78, 5) is 21.5. The molecule has 1 fully saturated rings. The van der Waals surface area contributed by atoms with Crippen molar-refractivity contribution in [1.29, 1.82) is 0 Å². The number of aryl methyl sites for hydroxylation is 1. The lowest BCUT2D eigenvalue weighted by Gasteiger charge is -2.15. The summed E-state index contributed by atoms with van der Waals surface area (Å²) < 4.78 is 0. The van der Waals surface area contributed by atoms with Crippen LogP contribution >= 0.6 is 0 Å². The van der Waals surface area contributed by atoms with Crippen LogP contribution in [0.5, 0.6) is 0 Å². The van der Waals surface area contributed by atoms with E-state index < -0.39 is 0 Å². The van der Waals surface area contributed by atoms with Crippen LogP contribution in [0.1, 0.15) is 46.1 Å². The molecular formula is C25H28N6O. The van der Waals surface area contributed by atoms with Gasteiger partial charge in [-0.15, -0.1) is 0 Å². The number of nitrogens with zero attached hydrogens (tertiary/aromatic N) is 2. The van der Waals surface area contributed by atoms with Gasteiger partial charge in [-0.25, -0.2) is 9.97 Å². The molecule has 7 heteroatoms. The number of hydrogen-bond donors (Lipinski definition) is 4. The molecule has 2 atom stereocenters. The number of carbonyl (C=O) groups excluding carboxylic acids is 1. The highest BCUT2D eigenvalue weighted by molar-refractivity contribution is 5.97. The predicted molar refractivity (Wildman–Crippen MR) is 125 cm³/mol. The first-order chi connectivity index (χ1) is 15.7. The molecule has 2 aromatic carbocycles. The number of rotatable bonds is 6. The van der Waals surface area contributed by atoms with Crippen molar-refractivity contribution in [2.45, 2.75) is 37.9 Å². The van der Waals surface area contributed by atoms with E-state index in [1.165, 1.54) is 11.1 Å². The molecule has 1 saturated heterocycles. The van der Waals surface area contributed by atoms with Crippen molar-refractivity contribution in [3.8, 4) is 11.3 Å². The number of carbonyl (C=O) groups is 1. The molecule has 0 radical (unpaired) electrons. The van der Waals surface area contributed by atoms with Gasteiger partial charge >= 0.3 is 0 Å². The first-order valence-corrected chi connectivity index (χ1v) is 11.2. The summed E-state index contributed by atoms with van der Waals surface area (Å²) in [6.45, 7) is 2.43. The number of fused-ring (bicyclic) bond motifs is 1. The van der Waals surface area contributed by atoms with Crippen LogP contribution in [0.4, 0.5) is 5.82 Å². The van der Waals surface area contributed by atoms with Crippen LogP contribution in [-0.2, 0) is 13.0 Å². The fourth-order valence-corrected chi connectivity index (χ4v) is 4.59. The lowest BCUT2D eigenvalue weighted by Crippen LogP contribution is -2.37. The SMILES string of the molecule is Nc1ncc(-c2cccc(CN[C@H]3CCc4ccccc43)c2)nc1C(=O)N[C@H]1CCNC1. The first kappa shape index (κ1) is 20.6. The topological polar surface area (TPSA) is 105 Å². The van der Waals surface area contributed by atoms with E-state index in [0.29, 0.717) is 11.7 Å². The van der Waals surface area contributed by atoms with Crippen molar-refractivity contribution >= 4 is 11.7 Å². The van der Waals surface area contributed by atoms with Crippen molar-refractivity contribution in [2.24, 2.45) is 0 Å². The van der Waals surface area contributed by atoms with E-state index in [2.05, 4.69) is 62.3 Å². The lowest BCUT2D eigenvalue weighted by atomic mass is 10.1. The van der Waals surface area contributed by atoms with Gasteiger partial charge in [0.15, 0.2) is 11.5 Å². The number of nitrogens with two attached hydrogens (primary N) is 1. The highest BCUT2D eigenvalue weighted by Gasteiger charge is 2.22. The number of anilines is 1. The number of nitrogen functional groups attached to an aromatic ring is 1. The van der Waals surface area contributed by atoms with Crippen molar-refractivity contribution < 1.29 is 4.79 Å². The van der Waals surface area contributed by atoms with Crippen LogP contribution in [0, 0.1) is 0 Å². The van der Waals surface area contributed by atoms with Gasteiger partial charge in [0.05, 0.1) is 11.9 Å². The highest BCUT2D eigenvalue weighted by atomic mass is 16.2. The molecule has 1 aliphatic carbocycles. The minimum atomic E-state index is -0.275. The zero-order valence-corrected chi connectivity index (χ0v) is 18.0. The Labute approximate surface area is 187 Å². The van der Waals surface area contributed by atoms with Gasteiger partial charge in [-0.05, 0) is 48.6 Å². The molecule has 0 bridgehead atoms. The molecule has 1 amide bonds. The Kier molecular flexibility index (Phi) is 5.83. The Bertz CT molecular complexity index is 1120. The summed E-state index contributed by atoms with van der Waals surface area (Å²) in [5, 5.41) is 9.91. The van der Waals surface area contributed by atoms with Crippen LogP contribution in [0.2, 0.25) is 0 Å². The summed E-state index contributed by atoms with van der Waals surface area (Å²) in [5.74, 6) is -0.127. The zero-order chi connectivity index (χ0) is 21.9. The van der Waals surface area contributed by atoms with Gasteiger partial charge in [-0.2, -0.15) is 0 Å². The quantitative estimate of drug-likeness (QED) is 0.481. The molecule has 2 heterocycles. The van der Waals surface area contributed by atoms with E-state index in [4.69, 9.17) is 5.73 Å². The summed E-state index contributed by atoms with van der Waals surface area (Å²) in [5.41, 5.74) is 11.7. The Balaban J connectivity index is 1.30. The van der Waals surface area contributed by atoms with Crippen molar-refractivity contribution in [3.05, 3.63) is 77.1 Å². The third-order valence-electron chi connectivity index (χ3n) is 6.32. The van der Waals surface area contributed by atoms with Crippen molar-refractivity contribution in [2.75, 3.05) is 18.8 Å². The second-order valence-corrected chi connectivity index (χ2v) is 8.52. The van der Waals surface area contributed by atoms with Gasteiger partial charge in [0, 0.05) is 30.7 Å². The molecule has 164 valence electrons. The molecule has 7 nitrogen and oxygen atoms in total. The lowest BCUT2D eigenvalue weighted by molar-refractivity contribution is 0.0936. The van der Waals surface area contributed by atoms with Gasteiger partial charge in [-0.3, -0.25) is 4.79 Å². The number of amides is 1. The number of aromatic nitrogens is 2. The summed E-state index contributed by atoms with van der Waals surface area (Å²) in [6, 6.07) is 17.3. The molecule has 5 rings (SSSR count). The summed E-state index contributed by atoms with van der Waals surface area (Å²) in [7, 11) is 0. The van der Waals surface area contributed by atoms with Crippen LogP contribution in [0.15, 0.2) is 54.7 Å². The fourth-order valence-electron chi connectivity index (χ4n) is 4.59. The van der Waals surface area contributed by atoms with Crippen molar-refractivity contribution in [3.63, 3.8) is 0 Å². The molecule has 0 unspecified atom stereocenters. The van der Waals surface area contributed by atoms with E-state index in [9.17, 15) is 4.79 Å². The molecule has 0 saturated carbocycles. The van der Waals surface area contributed by atoms with Gasteiger partial charge in [0.25, 0.3) is 5.91 Å². The molecule has 32 heavy (non-hydrogen) atoms. The fraction of sp³-hybridized carbons (Fsp3) is 0.320. The summed E-state index contributed by atoms with van der Waals surface area (Å²) in [6.07, 6.45) is 4.77. The molecule has 3 aromatic rings. The zero-order valence-electron chi connectivity index (χ0n) is 18.0. The van der Waals surface area contributed by atoms with Gasteiger partial charge in [0.1, 0.15) is 0 Å². The average molecular weight is 429 g/mol. The maximum absolute atomic E-state index is 12.7. The van der Waals surface area contributed by atoms with E-state index >= 15 is 0 Å². The van der Waals surface area contributed by atoms with E-state index in [0.717, 1.165) is 50.0 Å². The Hall–Kier alpha value is -3.29. The average Bonchev–Trinajstić information content (AvgIpc) is 3.48. The largest absolute Gasteiger partial charge is 0.382 e. The normalized spacial score (nSPS) is 19.6. The maximum atomic E-state index is 12.7. The van der Waals surface area contributed by atoms with E-state index in [1.807, 2.05) is 12.1 Å². The second-order valence-electron chi connectivity index (χ2n) is 8.52. The number of benzene rings is 2. The Morgan fingerprint density at radius 2 is 2.06 bits per heavy atom. The smallest absolute Gasteiger partial charge is 0.274 e. The summed E-state index contributed by atoms with van der Waals surface area (Å²) >= 11 is 0. The number of nitrogens with one attached hydrogen (secondary N) is 3. The third kappa shape index (κ3) is 4.35. The van der Waals surface area contributed by atoms with E-state index in [1.54, 1.807) is 6.20 Å².